The molecule has 0 N–H and O–H groups in total. The van der Waals surface area contributed by atoms with Gasteiger partial charge in [-0.25, -0.2) is 0 Å². The maximum absolute atomic E-state index is 5.81. The van der Waals surface area contributed by atoms with Gasteiger partial charge in [0.05, 0.1) is 6.10 Å². The second kappa shape index (κ2) is 5.20. The van der Waals surface area contributed by atoms with E-state index in [0.29, 0.717) is 11.5 Å². The second-order valence-electron chi connectivity index (χ2n) is 5.34. The fraction of sp³-hybridized carbons (Fsp3) is 0.571. The number of hydrogen-bond acceptors (Lipinski definition) is 1. The molecule has 0 saturated carbocycles. The second-order valence-corrected chi connectivity index (χ2v) is 5.34. The molecule has 1 aromatic rings. The van der Waals surface area contributed by atoms with Gasteiger partial charge in [0.1, 0.15) is 5.75 Å². The summed E-state index contributed by atoms with van der Waals surface area (Å²) in [6.45, 7) is 8.94. The Morgan fingerprint density at radius 3 is 2.27 bits per heavy atom. The van der Waals surface area contributed by atoms with Crippen molar-refractivity contribution >= 4 is 0 Å². The molecule has 1 rings (SSSR count). The average molecular weight is 206 g/mol. The van der Waals surface area contributed by atoms with Crippen molar-refractivity contribution in [2.75, 3.05) is 0 Å². The topological polar surface area (TPSA) is 9.23 Å². The molecule has 0 bridgehead atoms. The highest BCUT2D eigenvalue weighted by Gasteiger charge is 2.13. The van der Waals surface area contributed by atoms with Gasteiger partial charge in [-0.3, -0.25) is 0 Å². The number of ether oxygens (including phenoxy) is 1. The molecule has 0 aliphatic rings. The Labute approximate surface area is 93.5 Å². The number of benzene rings is 1. The fourth-order valence-corrected chi connectivity index (χ4v) is 1.43. The van der Waals surface area contributed by atoms with E-state index in [0.717, 1.165) is 12.2 Å². The lowest BCUT2D eigenvalue weighted by Crippen LogP contribution is -2.15. The zero-order chi connectivity index (χ0) is 11.3. The molecule has 0 radical (unpaired) electrons. The first-order valence-corrected chi connectivity index (χ1v) is 5.69. The van der Waals surface area contributed by atoms with E-state index in [2.05, 4.69) is 27.7 Å². The maximum atomic E-state index is 5.81. The standard InChI is InChI=1S/C14H22O/c1-12(10-11-14(2,3)4)15-13-8-6-5-7-9-13/h5-9,12H,10-11H2,1-4H3. The molecule has 0 spiro atoms. The molecular formula is C14H22O. The molecule has 0 aromatic heterocycles. The number of para-hydroxylation sites is 1. The van der Waals surface area contributed by atoms with Gasteiger partial charge in [0.2, 0.25) is 0 Å². The molecule has 1 atom stereocenters. The third-order valence-electron chi connectivity index (χ3n) is 2.38. The van der Waals surface area contributed by atoms with Crippen LogP contribution in [0.15, 0.2) is 30.3 Å². The maximum Gasteiger partial charge on any atom is 0.119 e. The Balaban J connectivity index is 2.34. The van der Waals surface area contributed by atoms with E-state index in [4.69, 9.17) is 4.74 Å². The average Bonchev–Trinajstić information content (AvgIpc) is 2.15. The monoisotopic (exact) mass is 206 g/mol. The van der Waals surface area contributed by atoms with Gasteiger partial charge in [-0.05, 0) is 37.3 Å². The van der Waals surface area contributed by atoms with Gasteiger partial charge in [-0.2, -0.15) is 0 Å². The molecule has 0 heterocycles. The summed E-state index contributed by atoms with van der Waals surface area (Å²) in [5.74, 6) is 0.971. The summed E-state index contributed by atoms with van der Waals surface area (Å²) in [7, 11) is 0. The third kappa shape index (κ3) is 5.46. The van der Waals surface area contributed by atoms with E-state index < -0.39 is 0 Å². The SMILES string of the molecule is CC(CCC(C)(C)C)Oc1ccccc1. The van der Waals surface area contributed by atoms with Gasteiger partial charge in [-0.15, -0.1) is 0 Å². The molecule has 84 valence electrons. The summed E-state index contributed by atoms with van der Waals surface area (Å²) >= 11 is 0. The summed E-state index contributed by atoms with van der Waals surface area (Å²) < 4.78 is 5.81. The quantitative estimate of drug-likeness (QED) is 0.714. The molecule has 15 heavy (non-hydrogen) atoms. The van der Waals surface area contributed by atoms with E-state index >= 15 is 0 Å². The van der Waals surface area contributed by atoms with Crippen LogP contribution in [0, 0.1) is 5.41 Å². The van der Waals surface area contributed by atoms with Crippen molar-refractivity contribution in [2.24, 2.45) is 5.41 Å². The summed E-state index contributed by atoms with van der Waals surface area (Å²) in [6.07, 6.45) is 2.60. The summed E-state index contributed by atoms with van der Waals surface area (Å²) in [5.41, 5.74) is 0.397. The smallest absolute Gasteiger partial charge is 0.119 e. The molecular weight excluding hydrogens is 184 g/mol. The highest BCUT2D eigenvalue weighted by molar-refractivity contribution is 5.21. The van der Waals surface area contributed by atoms with Crippen LogP contribution in [0.2, 0.25) is 0 Å². The highest BCUT2D eigenvalue weighted by Crippen LogP contribution is 2.23. The normalized spacial score (nSPS) is 13.6. The predicted molar refractivity (Wildman–Crippen MR) is 65.2 cm³/mol. The van der Waals surface area contributed by atoms with E-state index in [1.165, 1.54) is 6.42 Å². The minimum Gasteiger partial charge on any atom is -0.491 e. The van der Waals surface area contributed by atoms with E-state index in [-0.39, 0.29) is 0 Å². The zero-order valence-electron chi connectivity index (χ0n) is 10.3. The first-order chi connectivity index (χ1) is 6.97. The van der Waals surface area contributed by atoms with Gasteiger partial charge in [-0.1, -0.05) is 39.0 Å². The molecule has 0 aliphatic carbocycles. The number of hydrogen-bond donors (Lipinski definition) is 0. The van der Waals surface area contributed by atoms with Gasteiger partial charge in [0.25, 0.3) is 0 Å². The fourth-order valence-electron chi connectivity index (χ4n) is 1.43. The zero-order valence-corrected chi connectivity index (χ0v) is 10.3. The van der Waals surface area contributed by atoms with Crippen LogP contribution in [0.25, 0.3) is 0 Å². The molecule has 1 unspecified atom stereocenters. The van der Waals surface area contributed by atoms with Crippen LogP contribution in [0.1, 0.15) is 40.5 Å². The van der Waals surface area contributed by atoms with E-state index in [9.17, 15) is 0 Å². The van der Waals surface area contributed by atoms with Gasteiger partial charge in [0, 0.05) is 0 Å². The molecule has 0 fully saturated rings. The van der Waals surface area contributed by atoms with Crippen molar-refractivity contribution in [3.05, 3.63) is 30.3 Å². The molecule has 1 nitrogen and oxygen atoms in total. The third-order valence-corrected chi connectivity index (χ3v) is 2.38. The number of rotatable bonds is 4. The van der Waals surface area contributed by atoms with Gasteiger partial charge >= 0.3 is 0 Å². The van der Waals surface area contributed by atoms with Crippen molar-refractivity contribution in [3.8, 4) is 5.75 Å². The predicted octanol–water partition coefficient (Wildman–Crippen LogP) is 4.28. The van der Waals surface area contributed by atoms with E-state index in [1.54, 1.807) is 0 Å². The van der Waals surface area contributed by atoms with Crippen LogP contribution in [-0.4, -0.2) is 6.10 Å². The Hall–Kier alpha value is -0.980. The first-order valence-electron chi connectivity index (χ1n) is 5.69. The summed E-state index contributed by atoms with van der Waals surface area (Å²) in [5, 5.41) is 0. The van der Waals surface area contributed by atoms with Crippen molar-refractivity contribution in [3.63, 3.8) is 0 Å². The molecule has 1 aromatic carbocycles. The van der Waals surface area contributed by atoms with Crippen LogP contribution in [-0.2, 0) is 0 Å². The Bertz CT molecular complexity index is 271. The van der Waals surface area contributed by atoms with Crippen molar-refractivity contribution in [1.29, 1.82) is 0 Å². The minimum atomic E-state index is 0.298. The van der Waals surface area contributed by atoms with Crippen LogP contribution in [0.3, 0.4) is 0 Å². The summed E-state index contributed by atoms with van der Waals surface area (Å²) in [6, 6.07) is 10.0. The molecule has 0 aliphatic heterocycles. The van der Waals surface area contributed by atoms with Crippen LogP contribution >= 0.6 is 0 Å². The molecule has 0 amide bonds. The van der Waals surface area contributed by atoms with Gasteiger partial charge in [0.15, 0.2) is 0 Å². The summed E-state index contributed by atoms with van der Waals surface area (Å²) in [4.78, 5) is 0. The Morgan fingerprint density at radius 2 is 1.73 bits per heavy atom. The Morgan fingerprint density at radius 1 is 1.13 bits per heavy atom. The van der Waals surface area contributed by atoms with Crippen LogP contribution < -0.4 is 4.74 Å². The Kier molecular flexibility index (Phi) is 4.19. The van der Waals surface area contributed by atoms with Crippen LogP contribution in [0.5, 0.6) is 5.75 Å². The molecule has 1 heteroatoms. The highest BCUT2D eigenvalue weighted by atomic mass is 16.5. The van der Waals surface area contributed by atoms with Crippen molar-refractivity contribution < 1.29 is 4.74 Å². The van der Waals surface area contributed by atoms with Gasteiger partial charge < -0.3 is 4.74 Å². The van der Waals surface area contributed by atoms with Crippen LogP contribution in [0.4, 0.5) is 0 Å². The lowest BCUT2D eigenvalue weighted by atomic mass is 9.89. The van der Waals surface area contributed by atoms with E-state index in [1.807, 2.05) is 30.3 Å². The molecule has 0 saturated heterocycles. The van der Waals surface area contributed by atoms with Crippen molar-refractivity contribution in [2.45, 2.75) is 46.6 Å². The minimum absolute atomic E-state index is 0.298. The lowest BCUT2D eigenvalue weighted by Gasteiger charge is -2.21. The van der Waals surface area contributed by atoms with Crippen molar-refractivity contribution in [1.82, 2.24) is 0 Å². The largest absolute Gasteiger partial charge is 0.491 e. The lowest BCUT2D eigenvalue weighted by molar-refractivity contribution is 0.186. The first kappa shape index (κ1) is 12.1.